The van der Waals surface area contributed by atoms with Gasteiger partial charge in [0, 0.05) is 5.02 Å². The number of halogens is 2. The van der Waals surface area contributed by atoms with E-state index in [1.165, 1.54) is 6.20 Å². The number of amides is 1. The van der Waals surface area contributed by atoms with Crippen LogP contribution in [-0.4, -0.2) is 25.7 Å². The molecule has 8 heteroatoms. The molecular weight excluding hydrogens is 349 g/mol. The van der Waals surface area contributed by atoms with Gasteiger partial charge in [0.15, 0.2) is 0 Å². The molecule has 0 saturated carbocycles. The first kappa shape index (κ1) is 16.4. The molecule has 1 aromatic carbocycles. The van der Waals surface area contributed by atoms with E-state index < -0.39 is 5.91 Å². The van der Waals surface area contributed by atoms with Gasteiger partial charge in [-0.05, 0) is 49.7 Å². The Morgan fingerprint density at radius 2 is 1.88 bits per heavy atom. The molecule has 0 spiro atoms. The van der Waals surface area contributed by atoms with Gasteiger partial charge in [0.2, 0.25) is 5.82 Å². The molecule has 1 N–H and O–H groups in total. The Morgan fingerprint density at radius 1 is 1.17 bits per heavy atom. The highest BCUT2D eigenvalue weighted by molar-refractivity contribution is 6.30. The van der Waals surface area contributed by atoms with E-state index in [9.17, 15) is 4.79 Å². The van der Waals surface area contributed by atoms with Crippen molar-refractivity contribution in [3.8, 4) is 5.69 Å². The van der Waals surface area contributed by atoms with E-state index in [2.05, 4.69) is 20.4 Å². The molecule has 0 radical (unpaired) electrons. The lowest BCUT2D eigenvalue weighted by molar-refractivity contribution is 0.101. The lowest BCUT2D eigenvalue weighted by Crippen LogP contribution is -2.15. The fraction of sp³-hybridized carbons (Fsp3) is 0.125. The summed E-state index contributed by atoms with van der Waals surface area (Å²) in [6.07, 6.45) is 1.50. The zero-order valence-electron chi connectivity index (χ0n) is 12.9. The fourth-order valence-corrected chi connectivity index (χ4v) is 2.48. The van der Waals surface area contributed by atoms with Crippen molar-refractivity contribution in [2.45, 2.75) is 13.8 Å². The molecule has 3 rings (SSSR count). The van der Waals surface area contributed by atoms with E-state index in [0.717, 1.165) is 11.3 Å². The number of nitrogens with zero attached hydrogens (tertiary/aromatic N) is 4. The third-order valence-electron chi connectivity index (χ3n) is 3.37. The zero-order valence-corrected chi connectivity index (χ0v) is 14.4. The van der Waals surface area contributed by atoms with Crippen LogP contribution in [0.15, 0.2) is 36.5 Å². The van der Waals surface area contributed by atoms with Gasteiger partial charge in [0.25, 0.3) is 5.91 Å². The first-order chi connectivity index (χ1) is 11.4. The average Bonchev–Trinajstić information content (AvgIpc) is 2.93. The lowest BCUT2D eigenvalue weighted by atomic mass is 10.2. The molecule has 0 saturated heterocycles. The summed E-state index contributed by atoms with van der Waals surface area (Å²) in [4.78, 5) is 20.5. The van der Waals surface area contributed by atoms with Gasteiger partial charge in [0.1, 0.15) is 11.0 Å². The Morgan fingerprint density at radius 3 is 2.54 bits per heavy atom. The number of anilines is 1. The molecule has 0 aliphatic carbocycles. The van der Waals surface area contributed by atoms with Crippen LogP contribution in [-0.2, 0) is 0 Å². The van der Waals surface area contributed by atoms with Crippen molar-refractivity contribution in [1.82, 2.24) is 19.7 Å². The van der Waals surface area contributed by atoms with Gasteiger partial charge in [0.05, 0.1) is 17.6 Å². The van der Waals surface area contributed by atoms with Crippen LogP contribution in [0, 0.1) is 13.8 Å². The number of nitrogens with one attached hydrogen (secondary N) is 1. The summed E-state index contributed by atoms with van der Waals surface area (Å²) in [5, 5.41) is 7.98. The Bertz CT molecular complexity index is 905. The molecule has 0 atom stereocenters. The number of carbonyl (C=O) groups is 1. The average molecular weight is 362 g/mol. The minimum absolute atomic E-state index is 0.0665. The van der Waals surface area contributed by atoms with Crippen LogP contribution in [0.2, 0.25) is 10.2 Å². The van der Waals surface area contributed by atoms with Gasteiger partial charge >= 0.3 is 0 Å². The molecule has 122 valence electrons. The second-order valence-electron chi connectivity index (χ2n) is 5.15. The minimum atomic E-state index is -0.418. The van der Waals surface area contributed by atoms with Gasteiger partial charge in [-0.3, -0.25) is 4.79 Å². The standard InChI is InChI=1S/C16H13Cl2N5O/c1-9-7-14(18)19-8-13(9)21-16(24)15-20-10(2)23(22-15)12-5-3-11(17)4-6-12/h3-8H,1-2H3,(H,21,24). The van der Waals surface area contributed by atoms with E-state index in [0.29, 0.717) is 21.7 Å². The van der Waals surface area contributed by atoms with E-state index in [1.807, 2.05) is 6.92 Å². The van der Waals surface area contributed by atoms with Crippen LogP contribution in [0.4, 0.5) is 5.69 Å². The Balaban J connectivity index is 1.86. The molecule has 6 nitrogen and oxygen atoms in total. The normalized spacial score (nSPS) is 10.7. The first-order valence-corrected chi connectivity index (χ1v) is 7.83. The molecule has 0 aliphatic heterocycles. The smallest absolute Gasteiger partial charge is 0.295 e. The van der Waals surface area contributed by atoms with Crippen molar-refractivity contribution in [1.29, 1.82) is 0 Å². The van der Waals surface area contributed by atoms with E-state index >= 15 is 0 Å². The topological polar surface area (TPSA) is 72.7 Å². The first-order valence-electron chi connectivity index (χ1n) is 7.07. The highest BCUT2D eigenvalue weighted by atomic mass is 35.5. The van der Waals surface area contributed by atoms with Crippen molar-refractivity contribution >= 4 is 34.8 Å². The Labute approximate surface area is 148 Å². The van der Waals surface area contributed by atoms with E-state index in [-0.39, 0.29) is 5.82 Å². The van der Waals surface area contributed by atoms with Gasteiger partial charge < -0.3 is 5.32 Å². The number of rotatable bonds is 3. The van der Waals surface area contributed by atoms with Crippen molar-refractivity contribution in [2.75, 3.05) is 5.32 Å². The van der Waals surface area contributed by atoms with Crippen LogP contribution in [0.25, 0.3) is 5.69 Å². The molecule has 0 aliphatic rings. The van der Waals surface area contributed by atoms with Gasteiger partial charge in [-0.25, -0.2) is 14.6 Å². The quantitative estimate of drug-likeness (QED) is 0.719. The second kappa shape index (κ2) is 6.59. The minimum Gasteiger partial charge on any atom is -0.318 e. The maximum atomic E-state index is 12.4. The Hall–Kier alpha value is -2.44. The maximum absolute atomic E-state index is 12.4. The van der Waals surface area contributed by atoms with Gasteiger partial charge in [-0.1, -0.05) is 23.2 Å². The van der Waals surface area contributed by atoms with Crippen LogP contribution in [0.5, 0.6) is 0 Å². The summed E-state index contributed by atoms with van der Waals surface area (Å²) in [6.45, 7) is 3.60. The molecular formula is C16H13Cl2N5O. The third kappa shape index (κ3) is 3.39. The molecule has 24 heavy (non-hydrogen) atoms. The predicted octanol–water partition coefficient (Wildman–Crippen LogP) is 3.84. The number of hydrogen-bond acceptors (Lipinski definition) is 4. The summed E-state index contributed by atoms with van der Waals surface area (Å²) in [5.41, 5.74) is 2.13. The van der Waals surface area contributed by atoms with Crippen LogP contribution in [0.1, 0.15) is 22.0 Å². The molecule has 0 unspecified atom stereocenters. The largest absolute Gasteiger partial charge is 0.318 e. The number of aryl methyl sites for hydroxylation is 2. The monoisotopic (exact) mass is 361 g/mol. The van der Waals surface area contributed by atoms with Crippen molar-refractivity contribution in [3.63, 3.8) is 0 Å². The van der Waals surface area contributed by atoms with Crippen LogP contribution in [0.3, 0.4) is 0 Å². The molecule has 2 aromatic heterocycles. The Kier molecular flexibility index (Phi) is 4.51. The van der Waals surface area contributed by atoms with Gasteiger partial charge in [-0.15, -0.1) is 5.10 Å². The maximum Gasteiger partial charge on any atom is 0.295 e. The number of benzene rings is 1. The van der Waals surface area contributed by atoms with Gasteiger partial charge in [-0.2, -0.15) is 0 Å². The summed E-state index contributed by atoms with van der Waals surface area (Å²) in [6, 6.07) is 8.78. The predicted molar refractivity (Wildman–Crippen MR) is 93.0 cm³/mol. The highest BCUT2D eigenvalue weighted by Crippen LogP contribution is 2.18. The van der Waals surface area contributed by atoms with Crippen molar-refractivity contribution in [3.05, 3.63) is 63.9 Å². The molecule has 1 amide bonds. The van der Waals surface area contributed by atoms with Crippen molar-refractivity contribution in [2.24, 2.45) is 0 Å². The van der Waals surface area contributed by atoms with Crippen LogP contribution < -0.4 is 5.32 Å². The molecule has 2 heterocycles. The lowest BCUT2D eigenvalue weighted by Gasteiger charge is -2.06. The summed E-state index contributed by atoms with van der Waals surface area (Å²) in [7, 11) is 0. The fourth-order valence-electron chi connectivity index (χ4n) is 2.14. The molecule has 0 fully saturated rings. The summed E-state index contributed by atoms with van der Waals surface area (Å²) < 4.78 is 1.58. The molecule has 3 aromatic rings. The number of hydrogen-bond donors (Lipinski definition) is 1. The third-order valence-corrected chi connectivity index (χ3v) is 3.83. The highest BCUT2D eigenvalue weighted by Gasteiger charge is 2.16. The number of carbonyl (C=O) groups excluding carboxylic acids is 1. The van der Waals surface area contributed by atoms with Crippen molar-refractivity contribution < 1.29 is 4.79 Å². The van der Waals surface area contributed by atoms with Crippen LogP contribution >= 0.6 is 23.2 Å². The van der Waals surface area contributed by atoms with E-state index in [1.54, 1.807) is 41.9 Å². The summed E-state index contributed by atoms with van der Waals surface area (Å²) >= 11 is 11.7. The SMILES string of the molecule is Cc1cc(Cl)ncc1NC(=O)c1nc(C)n(-c2ccc(Cl)cc2)n1. The number of pyridine rings is 1. The summed E-state index contributed by atoms with van der Waals surface area (Å²) in [5.74, 6) is 0.239. The molecule has 0 bridgehead atoms. The zero-order chi connectivity index (χ0) is 17.3. The second-order valence-corrected chi connectivity index (χ2v) is 5.97. The van der Waals surface area contributed by atoms with E-state index in [4.69, 9.17) is 23.2 Å². The number of aromatic nitrogens is 4.